The molecule has 3 aliphatic heterocycles. The Kier molecular flexibility index (Phi) is 4.77. The maximum Gasteiger partial charge on any atom is 0.259 e. The number of aryl methyl sites for hydroxylation is 1. The largest absolute Gasteiger partial charge is 0.369 e. The summed E-state index contributed by atoms with van der Waals surface area (Å²) in [6, 6.07) is 7.47. The van der Waals surface area contributed by atoms with Crippen molar-refractivity contribution in [1.82, 2.24) is 19.7 Å². The molecule has 0 atom stereocenters. The van der Waals surface area contributed by atoms with E-state index in [1.807, 2.05) is 50.2 Å². The molecular formula is C26H27ClN6O2. The molecule has 3 aromatic rings. The first-order chi connectivity index (χ1) is 16.7. The first-order valence-corrected chi connectivity index (χ1v) is 12.2. The Labute approximate surface area is 209 Å². The SMILES string of the molecule is CCn1cc(C(=O)N2CC3(C2)CN(c2cncc(N4C(=O)c5ccc(Cl)cc5C4(C)C)c2)C3)cn1. The average Bonchev–Trinajstić information content (AvgIpc) is 3.33. The number of carbonyl (C=O) groups excluding carboxylic acids is 2. The third kappa shape index (κ3) is 3.34. The summed E-state index contributed by atoms with van der Waals surface area (Å²) in [6.07, 6.45) is 7.04. The lowest BCUT2D eigenvalue weighted by Crippen LogP contribution is -2.73. The monoisotopic (exact) mass is 490 g/mol. The number of halogens is 1. The summed E-state index contributed by atoms with van der Waals surface area (Å²) in [4.78, 5) is 36.5. The van der Waals surface area contributed by atoms with E-state index in [4.69, 9.17) is 11.6 Å². The molecule has 2 aromatic heterocycles. The standard InChI is InChI=1S/C26H27ClN6O2/c1-4-32-12-17(9-29-32)23(34)31-15-26(16-31)13-30(14-26)19-8-20(11-28-10-19)33-24(35)21-6-5-18(27)7-22(21)25(33,2)3/h5-12H,4,13-16H2,1-3H3. The van der Waals surface area contributed by atoms with Gasteiger partial charge in [0.1, 0.15) is 0 Å². The molecule has 180 valence electrons. The molecule has 9 heteroatoms. The van der Waals surface area contributed by atoms with E-state index in [9.17, 15) is 9.59 Å². The molecule has 35 heavy (non-hydrogen) atoms. The van der Waals surface area contributed by atoms with Crippen molar-refractivity contribution in [2.75, 3.05) is 36.0 Å². The van der Waals surface area contributed by atoms with Gasteiger partial charge in [-0.25, -0.2) is 0 Å². The zero-order valence-corrected chi connectivity index (χ0v) is 20.8. The number of fused-ring (bicyclic) bond motifs is 1. The Balaban J connectivity index is 1.15. The second-order valence-corrected chi connectivity index (χ2v) is 10.8. The minimum absolute atomic E-state index is 0.0414. The van der Waals surface area contributed by atoms with Crippen molar-refractivity contribution < 1.29 is 9.59 Å². The van der Waals surface area contributed by atoms with Crippen molar-refractivity contribution in [2.24, 2.45) is 5.41 Å². The number of nitrogens with zero attached hydrogens (tertiary/aromatic N) is 6. The Bertz CT molecular complexity index is 1350. The molecule has 0 unspecified atom stereocenters. The van der Waals surface area contributed by atoms with Gasteiger partial charge in [0.2, 0.25) is 0 Å². The molecule has 3 aliphatic rings. The maximum absolute atomic E-state index is 13.3. The van der Waals surface area contributed by atoms with E-state index in [2.05, 4.69) is 15.0 Å². The molecule has 8 nitrogen and oxygen atoms in total. The van der Waals surface area contributed by atoms with Crippen LogP contribution in [0, 0.1) is 5.41 Å². The highest BCUT2D eigenvalue weighted by molar-refractivity contribution is 6.31. The zero-order valence-electron chi connectivity index (χ0n) is 20.0. The first-order valence-electron chi connectivity index (χ1n) is 11.9. The summed E-state index contributed by atoms with van der Waals surface area (Å²) in [5.41, 5.74) is 3.60. The molecule has 0 aliphatic carbocycles. The molecule has 1 spiro atoms. The molecule has 1 aromatic carbocycles. The fourth-order valence-electron chi connectivity index (χ4n) is 5.74. The fraction of sp³-hybridized carbons (Fsp3) is 0.385. The lowest BCUT2D eigenvalue weighted by Gasteiger charge is -2.60. The number of hydrogen-bond acceptors (Lipinski definition) is 5. The predicted octanol–water partition coefficient (Wildman–Crippen LogP) is 3.81. The Hall–Kier alpha value is -3.39. The smallest absolute Gasteiger partial charge is 0.259 e. The van der Waals surface area contributed by atoms with Gasteiger partial charge < -0.3 is 9.80 Å². The van der Waals surface area contributed by atoms with Crippen molar-refractivity contribution in [3.8, 4) is 0 Å². The fourth-order valence-corrected chi connectivity index (χ4v) is 5.91. The lowest BCUT2D eigenvalue weighted by atomic mass is 9.72. The van der Waals surface area contributed by atoms with Crippen LogP contribution in [0.25, 0.3) is 0 Å². The Morgan fingerprint density at radius 2 is 1.80 bits per heavy atom. The molecule has 0 N–H and O–H groups in total. The summed E-state index contributed by atoms with van der Waals surface area (Å²) in [6.45, 7) is 10.0. The summed E-state index contributed by atoms with van der Waals surface area (Å²) < 4.78 is 1.77. The van der Waals surface area contributed by atoms with Crippen LogP contribution >= 0.6 is 11.6 Å². The number of rotatable bonds is 4. The number of likely N-dealkylation sites (tertiary alicyclic amines) is 1. The number of anilines is 2. The van der Waals surface area contributed by atoms with Crippen LogP contribution in [0.2, 0.25) is 5.02 Å². The zero-order chi connectivity index (χ0) is 24.5. The molecule has 0 bridgehead atoms. The third-order valence-electron chi connectivity index (χ3n) is 7.56. The normalized spacial score (nSPS) is 19.5. The van der Waals surface area contributed by atoms with Gasteiger partial charge >= 0.3 is 0 Å². The Morgan fingerprint density at radius 1 is 1.06 bits per heavy atom. The van der Waals surface area contributed by atoms with E-state index in [-0.39, 0.29) is 17.2 Å². The van der Waals surface area contributed by atoms with Crippen LogP contribution in [-0.2, 0) is 12.1 Å². The van der Waals surface area contributed by atoms with E-state index < -0.39 is 5.54 Å². The molecule has 2 fully saturated rings. The first kappa shape index (κ1) is 22.1. The van der Waals surface area contributed by atoms with Gasteiger partial charge in [-0.15, -0.1) is 0 Å². The van der Waals surface area contributed by atoms with Gasteiger partial charge in [-0.05, 0) is 50.6 Å². The minimum atomic E-state index is -0.534. The van der Waals surface area contributed by atoms with Crippen LogP contribution in [-0.4, -0.2) is 57.7 Å². The van der Waals surface area contributed by atoms with Crippen molar-refractivity contribution >= 4 is 34.8 Å². The van der Waals surface area contributed by atoms with Crippen LogP contribution in [0.15, 0.2) is 49.1 Å². The number of amides is 2. The van der Waals surface area contributed by atoms with Gasteiger partial charge in [-0.1, -0.05) is 11.6 Å². The summed E-state index contributed by atoms with van der Waals surface area (Å²) >= 11 is 6.23. The van der Waals surface area contributed by atoms with E-state index >= 15 is 0 Å². The van der Waals surface area contributed by atoms with Crippen LogP contribution in [0.5, 0.6) is 0 Å². The third-order valence-corrected chi connectivity index (χ3v) is 7.80. The average molecular weight is 491 g/mol. The number of hydrogen-bond donors (Lipinski definition) is 0. The second-order valence-electron chi connectivity index (χ2n) is 10.4. The summed E-state index contributed by atoms with van der Waals surface area (Å²) in [5, 5.41) is 4.83. The van der Waals surface area contributed by atoms with Crippen LogP contribution in [0.1, 0.15) is 47.1 Å². The highest BCUT2D eigenvalue weighted by Crippen LogP contribution is 2.45. The summed E-state index contributed by atoms with van der Waals surface area (Å²) in [7, 11) is 0. The van der Waals surface area contributed by atoms with Crippen molar-refractivity contribution in [3.05, 3.63) is 70.8 Å². The molecule has 2 saturated heterocycles. The van der Waals surface area contributed by atoms with Crippen LogP contribution < -0.4 is 9.80 Å². The predicted molar refractivity (Wildman–Crippen MR) is 134 cm³/mol. The molecule has 6 rings (SSSR count). The highest BCUT2D eigenvalue weighted by atomic mass is 35.5. The van der Waals surface area contributed by atoms with E-state index in [1.165, 1.54) is 0 Å². The Morgan fingerprint density at radius 3 is 2.51 bits per heavy atom. The molecule has 0 radical (unpaired) electrons. The van der Waals surface area contributed by atoms with Crippen molar-refractivity contribution in [2.45, 2.75) is 32.9 Å². The van der Waals surface area contributed by atoms with Gasteiger partial charge in [0, 0.05) is 54.9 Å². The number of pyridine rings is 1. The molecular weight excluding hydrogens is 464 g/mol. The maximum atomic E-state index is 13.3. The van der Waals surface area contributed by atoms with E-state index in [0.29, 0.717) is 16.1 Å². The van der Waals surface area contributed by atoms with Crippen LogP contribution in [0.4, 0.5) is 11.4 Å². The lowest BCUT2D eigenvalue weighted by molar-refractivity contribution is -0.0105. The summed E-state index contributed by atoms with van der Waals surface area (Å²) in [5.74, 6) is 0.00660. The second kappa shape index (κ2) is 7.55. The molecule has 5 heterocycles. The van der Waals surface area contributed by atoms with Gasteiger partial charge in [-0.3, -0.25) is 24.2 Å². The van der Waals surface area contributed by atoms with E-state index in [0.717, 1.165) is 49.7 Å². The van der Waals surface area contributed by atoms with Gasteiger partial charge in [0.05, 0.1) is 41.1 Å². The topological polar surface area (TPSA) is 74.6 Å². The quantitative estimate of drug-likeness (QED) is 0.556. The minimum Gasteiger partial charge on any atom is -0.369 e. The number of benzene rings is 1. The van der Waals surface area contributed by atoms with Gasteiger partial charge in [-0.2, -0.15) is 5.10 Å². The van der Waals surface area contributed by atoms with Gasteiger partial charge in [0.25, 0.3) is 11.8 Å². The van der Waals surface area contributed by atoms with Crippen molar-refractivity contribution in [1.29, 1.82) is 0 Å². The van der Waals surface area contributed by atoms with Gasteiger partial charge in [0.15, 0.2) is 0 Å². The molecule has 2 amide bonds. The van der Waals surface area contributed by atoms with E-state index in [1.54, 1.807) is 34.1 Å². The number of aromatic nitrogens is 3. The number of carbonyl (C=O) groups is 2. The van der Waals surface area contributed by atoms with Crippen molar-refractivity contribution in [3.63, 3.8) is 0 Å². The highest BCUT2D eigenvalue weighted by Gasteiger charge is 2.53. The molecule has 0 saturated carbocycles. The van der Waals surface area contributed by atoms with Crippen LogP contribution in [0.3, 0.4) is 0 Å².